The van der Waals surface area contributed by atoms with Gasteiger partial charge in [-0.2, -0.15) is 0 Å². The summed E-state index contributed by atoms with van der Waals surface area (Å²) in [6, 6.07) is 12.5. The standard InChI is InChI=1S/C26H29ClF2N4O2/c1-32(2)11-9-31-15-21(14-30)19-5-3-4-18(12-19)16-33-10-8-24(25(27)26(33)34)35-17-20-6-7-22(28)13-23(20)29/h3-8,10,12-14,31H,9,11,15-17,30H2,1-2H3/b21-14-. The second kappa shape index (κ2) is 12.5. The van der Waals surface area contributed by atoms with Crippen LogP contribution >= 0.6 is 11.6 Å². The molecule has 0 aliphatic rings. The smallest absolute Gasteiger partial charge is 0.273 e. The lowest BCUT2D eigenvalue weighted by Crippen LogP contribution is -2.27. The topological polar surface area (TPSA) is 72.5 Å². The highest BCUT2D eigenvalue weighted by molar-refractivity contribution is 6.31. The molecule has 1 aromatic heterocycles. The maximum atomic E-state index is 13.8. The van der Waals surface area contributed by atoms with Gasteiger partial charge >= 0.3 is 0 Å². The predicted molar refractivity (Wildman–Crippen MR) is 136 cm³/mol. The molecule has 0 radical (unpaired) electrons. The van der Waals surface area contributed by atoms with Gasteiger partial charge in [0.05, 0.1) is 6.54 Å². The van der Waals surface area contributed by atoms with E-state index in [1.807, 2.05) is 38.4 Å². The van der Waals surface area contributed by atoms with Crippen molar-refractivity contribution < 1.29 is 13.5 Å². The summed E-state index contributed by atoms with van der Waals surface area (Å²) in [7, 11) is 4.03. The summed E-state index contributed by atoms with van der Waals surface area (Å²) in [5.41, 5.74) is 8.39. The Hall–Kier alpha value is -3.20. The molecule has 0 fully saturated rings. The number of ether oxygens (including phenoxy) is 1. The Bertz CT molecular complexity index is 1240. The molecule has 186 valence electrons. The van der Waals surface area contributed by atoms with Gasteiger partial charge in [-0.05, 0) is 61.3 Å². The summed E-state index contributed by atoms with van der Waals surface area (Å²) in [5.74, 6) is -1.28. The van der Waals surface area contributed by atoms with Crippen molar-refractivity contribution in [1.82, 2.24) is 14.8 Å². The Morgan fingerprint density at radius 2 is 2.00 bits per heavy atom. The van der Waals surface area contributed by atoms with Crippen molar-refractivity contribution in [2.24, 2.45) is 5.73 Å². The van der Waals surface area contributed by atoms with E-state index in [2.05, 4.69) is 10.2 Å². The Labute approximate surface area is 208 Å². The van der Waals surface area contributed by atoms with E-state index in [0.717, 1.165) is 41.9 Å². The fraction of sp³-hybridized carbons (Fsp3) is 0.269. The largest absolute Gasteiger partial charge is 0.487 e. The molecule has 0 spiro atoms. The van der Waals surface area contributed by atoms with Crippen LogP contribution in [0.2, 0.25) is 5.02 Å². The average Bonchev–Trinajstić information content (AvgIpc) is 2.82. The highest BCUT2D eigenvalue weighted by Crippen LogP contribution is 2.22. The number of likely N-dealkylation sites (N-methyl/N-ethyl adjacent to an activating group) is 1. The first-order valence-electron chi connectivity index (χ1n) is 11.1. The van der Waals surface area contributed by atoms with Gasteiger partial charge in [0.25, 0.3) is 5.56 Å². The number of rotatable bonds is 11. The summed E-state index contributed by atoms with van der Waals surface area (Å²) >= 11 is 6.24. The number of aromatic nitrogens is 1. The van der Waals surface area contributed by atoms with Gasteiger partial charge in [-0.1, -0.05) is 29.8 Å². The Morgan fingerprint density at radius 3 is 2.71 bits per heavy atom. The van der Waals surface area contributed by atoms with E-state index in [0.29, 0.717) is 13.1 Å². The van der Waals surface area contributed by atoms with Crippen LogP contribution in [-0.2, 0) is 13.2 Å². The third-order valence-electron chi connectivity index (χ3n) is 5.37. The van der Waals surface area contributed by atoms with Crippen LogP contribution in [0.4, 0.5) is 8.78 Å². The van der Waals surface area contributed by atoms with Crippen LogP contribution in [0.25, 0.3) is 5.57 Å². The van der Waals surface area contributed by atoms with Crippen LogP contribution in [0, 0.1) is 11.6 Å². The number of hydrogen-bond acceptors (Lipinski definition) is 5. The number of hydrogen-bond donors (Lipinski definition) is 2. The van der Waals surface area contributed by atoms with Gasteiger partial charge in [-0.25, -0.2) is 8.78 Å². The van der Waals surface area contributed by atoms with Crippen LogP contribution in [0.5, 0.6) is 5.75 Å². The fourth-order valence-corrected chi connectivity index (χ4v) is 3.64. The molecule has 3 aromatic rings. The van der Waals surface area contributed by atoms with Gasteiger partial charge < -0.3 is 25.3 Å². The molecule has 0 amide bonds. The van der Waals surface area contributed by atoms with Crippen LogP contribution in [-0.4, -0.2) is 43.2 Å². The van der Waals surface area contributed by atoms with Crippen molar-refractivity contribution >= 4 is 17.2 Å². The zero-order chi connectivity index (χ0) is 25.4. The molecule has 0 unspecified atom stereocenters. The molecule has 3 rings (SSSR count). The zero-order valence-corrected chi connectivity index (χ0v) is 20.5. The fourth-order valence-electron chi connectivity index (χ4n) is 3.41. The normalized spacial score (nSPS) is 11.8. The van der Waals surface area contributed by atoms with Gasteiger partial charge in [-0.3, -0.25) is 4.79 Å². The lowest BCUT2D eigenvalue weighted by molar-refractivity contribution is 0.298. The van der Waals surface area contributed by atoms with Crippen molar-refractivity contribution in [2.45, 2.75) is 13.2 Å². The zero-order valence-electron chi connectivity index (χ0n) is 19.7. The monoisotopic (exact) mass is 502 g/mol. The van der Waals surface area contributed by atoms with Crippen molar-refractivity contribution in [2.75, 3.05) is 33.7 Å². The summed E-state index contributed by atoms with van der Waals surface area (Å²) < 4.78 is 33.9. The molecule has 6 nitrogen and oxygen atoms in total. The van der Waals surface area contributed by atoms with Crippen molar-refractivity contribution in [3.05, 3.63) is 105 Å². The van der Waals surface area contributed by atoms with Crippen LogP contribution in [0.1, 0.15) is 16.7 Å². The third kappa shape index (κ3) is 7.39. The molecule has 0 atom stereocenters. The minimum atomic E-state index is -0.729. The van der Waals surface area contributed by atoms with E-state index < -0.39 is 17.2 Å². The molecule has 0 aliphatic carbocycles. The first-order valence-corrected chi connectivity index (χ1v) is 11.5. The minimum absolute atomic E-state index is 0.112. The third-order valence-corrected chi connectivity index (χ3v) is 5.72. The molecule has 9 heteroatoms. The first-order chi connectivity index (χ1) is 16.8. The van der Waals surface area contributed by atoms with E-state index in [1.54, 1.807) is 18.5 Å². The summed E-state index contributed by atoms with van der Waals surface area (Å²) in [5, 5.41) is 3.26. The number of nitrogens with one attached hydrogen (secondary N) is 1. The van der Waals surface area contributed by atoms with Gasteiger partial charge in [0.1, 0.15) is 29.0 Å². The lowest BCUT2D eigenvalue weighted by Gasteiger charge is -2.14. The molecule has 0 aliphatic heterocycles. The summed E-state index contributed by atoms with van der Waals surface area (Å²) in [4.78, 5) is 14.9. The number of pyridine rings is 1. The Kier molecular flexibility index (Phi) is 9.42. The molecule has 0 saturated heterocycles. The Morgan fingerprint density at radius 1 is 1.20 bits per heavy atom. The molecule has 0 bridgehead atoms. The van der Waals surface area contributed by atoms with Crippen molar-refractivity contribution in [1.29, 1.82) is 0 Å². The molecular formula is C26H29ClF2N4O2. The van der Waals surface area contributed by atoms with Crippen molar-refractivity contribution in [3.63, 3.8) is 0 Å². The van der Waals surface area contributed by atoms with Crippen molar-refractivity contribution in [3.8, 4) is 5.75 Å². The first kappa shape index (κ1) is 26.4. The molecule has 35 heavy (non-hydrogen) atoms. The van der Waals surface area contributed by atoms with E-state index >= 15 is 0 Å². The van der Waals surface area contributed by atoms with Gasteiger partial charge in [-0.15, -0.1) is 0 Å². The van der Waals surface area contributed by atoms with E-state index in [9.17, 15) is 13.6 Å². The molecule has 1 heterocycles. The molecular weight excluding hydrogens is 474 g/mol. The van der Waals surface area contributed by atoms with Gasteiger partial charge in [0.15, 0.2) is 0 Å². The van der Waals surface area contributed by atoms with Crippen LogP contribution in [0.15, 0.2) is 65.7 Å². The molecule has 3 N–H and O–H groups in total. The number of benzene rings is 2. The highest BCUT2D eigenvalue weighted by atomic mass is 35.5. The lowest BCUT2D eigenvalue weighted by atomic mass is 10.0. The van der Waals surface area contributed by atoms with Gasteiger partial charge in [0.2, 0.25) is 0 Å². The maximum absolute atomic E-state index is 13.8. The summed E-state index contributed by atoms with van der Waals surface area (Å²) in [6.07, 6.45) is 3.15. The van der Waals surface area contributed by atoms with Crippen LogP contribution in [0.3, 0.4) is 0 Å². The van der Waals surface area contributed by atoms with Gasteiger partial charge in [0, 0.05) is 37.5 Å². The minimum Gasteiger partial charge on any atom is -0.487 e. The van der Waals surface area contributed by atoms with Crippen LogP contribution < -0.4 is 21.3 Å². The summed E-state index contributed by atoms with van der Waals surface area (Å²) in [6.45, 7) is 2.49. The second-order valence-corrected chi connectivity index (χ2v) is 8.70. The quantitative estimate of drug-likeness (QED) is 0.390. The number of nitrogens with two attached hydrogens (primary N) is 1. The SMILES string of the molecule is CN(C)CCNC/C(=C/N)c1cccc(Cn2ccc(OCc3ccc(F)cc3F)c(Cl)c2=O)c1. The number of nitrogens with zero attached hydrogens (tertiary/aromatic N) is 2. The molecule has 0 saturated carbocycles. The van der Waals surface area contributed by atoms with E-state index in [-0.39, 0.29) is 22.9 Å². The van der Waals surface area contributed by atoms with E-state index in [1.165, 1.54) is 10.6 Å². The number of halogens is 3. The maximum Gasteiger partial charge on any atom is 0.273 e. The average molecular weight is 503 g/mol. The second-order valence-electron chi connectivity index (χ2n) is 8.32. The van der Waals surface area contributed by atoms with E-state index in [4.69, 9.17) is 22.1 Å². The Balaban J connectivity index is 1.69. The predicted octanol–water partition coefficient (Wildman–Crippen LogP) is 3.86. The molecule has 2 aromatic carbocycles. The highest BCUT2D eigenvalue weighted by Gasteiger charge is 2.12.